The molecule has 0 aliphatic heterocycles. The van der Waals surface area contributed by atoms with Crippen LogP contribution in [0.3, 0.4) is 0 Å². The fourth-order valence-electron chi connectivity index (χ4n) is 3.54. The molecule has 5 rings (SSSR count). The lowest BCUT2D eigenvalue weighted by Crippen LogP contribution is -2.11. The van der Waals surface area contributed by atoms with Gasteiger partial charge in [0.1, 0.15) is 10.6 Å². The van der Waals surface area contributed by atoms with Gasteiger partial charge in [0.05, 0.1) is 5.39 Å². The maximum absolute atomic E-state index is 12.7. The van der Waals surface area contributed by atoms with E-state index in [1.54, 1.807) is 11.3 Å². The topological polar surface area (TPSA) is 58.9 Å². The lowest BCUT2D eigenvalue weighted by atomic mass is 9.97. The minimum absolute atomic E-state index is 0.0650. The van der Waals surface area contributed by atoms with Crippen molar-refractivity contribution < 1.29 is 4.42 Å². The van der Waals surface area contributed by atoms with E-state index in [1.807, 2.05) is 36.4 Å². The average molecular weight is 427 g/mol. The molecular weight excluding hydrogens is 412 g/mol. The molecule has 0 amide bonds. The molecule has 26 heavy (non-hydrogen) atoms. The van der Waals surface area contributed by atoms with Crippen LogP contribution < -0.4 is 5.56 Å². The van der Waals surface area contributed by atoms with Crippen molar-refractivity contribution in [2.75, 3.05) is 0 Å². The number of halogens is 1. The number of aromatic amines is 1. The van der Waals surface area contributed by atoms with Gasteiger partial charge in [0.2, 0.25) is 0 Å². The lowest BCUT2D eigenvalue weighted by Gasteiger charge is -2.09. The Morgan fingerprint density at radius 1 is 1.12 bits per heavy atom. The lowest BCUT2D eigenvalue weighted by molar-refractivity contribution is 0.592. The highest BCUT2D eigenvalue weighted by molar-refractivity contribution is 9.10. The Morgan fingerprint density at radius 2 is 1.96 bits per heavy atom. The second-order valence-corrected chi connectivity index (χ2v) is 8.48. The maximum atomic E-state index is 12.7. The molecule has 1 aliphatic carbocycles. The minimum Gasteiger partial charge on any atom is -0.453 e. The molecule has 3 heterocycles. The normalized spacial score (nSPS) is 13.9. The van der Waals surface area contributed by atoms with Gasteiger partial charge >= 0.3 is 0 Å². The van der Waals surface area contributed by atoms with Crippen molar-refractivity contribution in [2.24, 2.45) is 0 Å². The molecule has 0 unspecified atom stereocenters. The van der Waals surface area contributed by atoms with Crippen LogP contribution in [0.2, 0.25) is 0 Å². The Morgan fingerprint density at radius 3 is 2.85 bits per heavy atom. The highest BCUT2D eigenvalue weighted by atomic mass is 79.9. The second kappa shape index (κ2) is 6.21. The summed E-state index contributed by atoms with van der Waals surface area (Å²) >= 11 is 5.12. The van der Waals surface area contributed by atoms with Gasteiger partial charge in [-0.2, -0.15) is 0 Å². The van der Waals surface area contributed by atoms with Gasteiger partial charge in [0.15, 0.2) is 11.6 Å². The van der Waals surface area contributed by atoms with Gasteiger partial charge in [-0.1, -0.05) is 28.1 Å². The van der Waals surface area contributed by atoms with E-state index in [2.05, 4.69) is 20.9 Å². The van der Waals surface area contributed by atoms with Gasteiger partial charge in [0, 0.05) is 14.9 Å². The van der Waals surface area contributed by atoms with E-state index < -0.39 is 0 Å². The first-order valence-electron chi connectivity index (χ1n) is 8.60. The molecule has 1 N–H and O–H groups in total. The standard InChI is InChI=1S/C20H15BrN2O2S/c21-12-5-3-4-11(10-12)14-8-9-15(25-14)18-22-19(24)17-13-6-1-2-7-16(13)26-20(17)23-18/h3-5,8-10H,1-2,6-7H2,(H,22,23,24). The molecule has 0 saturated carbocycles. The zero-order chi connectivity index (χ0) is 17.7. The van der Waals surface area contributed by atoms with Crippen LogP contribution in [0.25, 0.3) is 33.1 Å². The molecule has 130 valence electrons. The van der Waals surface area contributed by atoms with E-state index in [0.29, 0.717) is 11.6 Å². The number of aryl methyl sites for hydroxylation is 2. The molecule has 1 aromatic carbocycles. The zero-order valence-electron chi connectivity index (χ0n) is 13.8. The van der Waals surface area contributed by atoms with Crippen molar-refractivity contribution in [1.82, 2.24) is 9.97 Å². The van der Waals surface area contributed by atoms with Crippen LogP contribution in [0.1, 0.15) is 23.3 Å². The van der Waals surface area contributed by atoms with Crippen LogP contribution in [0.4, 0.5) is 0 Å². The predicted octanol–water partition coefficient (Wildman–Crippen LogP) is 5.55. The van der Waals surface area contributed by atoms with Gasteiger partial charge in [0.25, 0.3) is 5.56 Å². The Kier molecular flexibility index (Phi) is 3.83. The number of nitrogens with one attached hydrogen (secondary N) is 1. The fourth-order valence-corrected chi connectivity index (χ4v) is 5.20. The van der Waals surface area contributed by atoms with Crippen molar-refractivity contribution in [3.63, 3.8) is 0 Å². The highest BCUT2D eigenvalue weighted by Gasteiger charge is 2.20. The average Bonchev–Trinajstić information content (AvgIpc) is 3.26. The minimum atomic E-state index is -0.0650. The van der Waals surface area contributed by atoms with Gasteiger partial charge in [-0.25, -0.2) is 4.98 Å². The summed E-state index contributed by atoms with van der Waals surface area (Å²) in [6.07, 6.45) is 4.37. The van der Waals surface area contributed by atoms with Crippen LogP contribution in [-0.2, 0) is 12.8 Å². The second-order valence-electron chi connectivity index (χ2n) is 6.48. The van der Waals surface area contributed by atoms with Crippen molar-refractivity contribution in [2.45, 2.75) is 25.7 Å². The van der Waals surface area contributed by atoms with E-state index in [9.17, 15) is 4.79 Å². The Bertz CT molecular complexity index is 1190. The van der Waals surface area contributed by atoms with Crippen LogP contribution in [0, 0.1) is 0 Å². The summed E-state index contributed by atoms with van der Waals surface area (Å²) in [7, 11) is 0. The van der Waals surface area contributed by atoms with Crippen molar-refractivity contribution in [3.8, 4) is 22.9 Å². The van der Waals surface area contributed by atoms with Gasteiger partial charge in [-0.3, -0.25) is 4.79 Å². The summed E-state index contributed by atoms with van der Waals surface area (Å²) in [5, 5.41) is 0.771. The van der Waals surface area contributed by atoms with E-state index in [1.165, 1.54) is 16.9 Å². The Balaban J connectivity index is 1.61. The first kappa shape index (κ1) is 16.0. The first-order valence-corrected chi connectivity index (χ1v) is 10.2. The fraction of sp³-hybridized carbons (Fsp3) is 0.200. The molecule has 6 heteroatoms. The molecule has 0 atom stereocenters. The number of fused-ring (bicyclic) bond motifs is 3. The number of rotatable bonds is 2. The summed E-state index contributed by atoms with van der Waals surface area (Å²) < 4.78 is 6.96. The Labute approximate surface area is 162 Å². The van der Waals surface area contributed by atoms with Gasteiger partial charge in [-0.15, -0.1) is 11.3 Å². The molecule has 0 saturated heterocycles. The molecule has 0 fully saturated rings. The van der Waals surface area contributed by atoms with E-state index in [-0.39, 0.29) is 5.56 Å². The third-order valence-corrected chi connectivity index (χ3v) is 6.45. The number of hydrogen-bond acceptors (Lipinski definition) is 4. The third-order valence-electron chi connectivity index (χ3n) is 4.77. The number of aromatic nitrogens is 2. The zero-order valence-corrected chi connectivity index (χ0v) is 16.2. The van der Waals surface area contributed by atoms with E-state index in [4.69, 9.17) is 9.40 Å². The van der Waals surface area contributed by atoms with Crippen LogP contribution in [0.15, 0.2) is 50.1 Å². The molecular formula is C20H15BrN2O2S. The Hall–Kier alpha value is -2.18. The first-order chi connectivity index (χ1) is 12.7. The van der Waals surface area contributed by atoms with Gasteiger partial charge in [-0.05, 0) is 55.5 Å². The number of hydrogen-bond donors (Lipinski definition) is 1. The number of furan rings is 1. The van der Waals surface area contributed by atoms with E-state index >= 15 is 0 Å². The maximum Gasteiger partial charge on any atom is 0.260 e. The summed E-state index contributed by atoms with van der Waals surface area (Å²) in [6, 6.07) is 11.7. The van der Waals surface area contributed by atoms with Crippen molar-refractivity contribution in [3.05, 3.63) is 61.7 Å². The van der Waals surface area contributed by atoms with Crippen LogP contribution >= 0.6 is 27.3 Å². The highest BCUT2D eigenvalue weighted by Crippen LogP contribution is 2.35. The molecule has 0 spiro atoms. The van der Waals surface area contributed by atoms with Crippen molar-refractivity contribution in [1.29, 1.82) is 0 Å². The molecule has 4 nitrogen and oxygen atoms in total. The molecule has 4 aromatic rings. The molecule has 0 bridgehead atoms. The molecule has 0 radical (unpaired) electrons. The molecule has 3 aromatic heterocycles. The third kappa shape index (κ3) is 2.64. The molecule has 1 aliphatic rings. The summed E-state index contributed by atoms with van der Waals surface area (Å²) in [6.45, 7) is 0. The quantitative estimate of drug-likeness (QED) is 0.456. The predicted molar refractivity (Wildman–Crippen MR) is 108 cm³/mol. The number of thiophene rings is 1. The van der Waals surface area contributed by atoms with Crippen molar-refractivity contribution >= 4 is 37.5 Å². The SMILES string of the molecule is O=c1[nH]c(-c2ccc(-c3cccc(Br)c3)o2)nc2sc3c(c12)CCCC3. The van der Waals surface area contributed by atoms with Crippen LogP contribution in [0.5, 0.6) is 0 Å². The smallest absolute Gasteiger partial charge is 0.260 e. The number of benzene rings is 1. The van der Waals surface area contributed by atoms with Gasteiger partial charge < -0.3 is 9.40 Å². The number of nitrogens with zero attached hydrogens (tertiary/aromatic N) is 1. The van der Waals surface area contributed by atoms with Crippen LogP contribution in [-0.4, -0.2) is 9.97 Å². The van der Waals surface area contributed by atoms with E-state index in [0.717, 1.165) is 45.3 Å². The largest absolute Gasteiger partial charge is 0.453 e. The monoisotopic (exact) mass is 426 g/mol. The summed E-state index contributed by atoms with van der Waals surface area (Å²) in [4.78, 5) is 22.4. The summed E-state index contributed by atoms with van der Waals surface area (Å²) in [5.41, 5.74) is 2.11. The number of H-pyrrole nitrogens is 1. The summed E-state index contributed by atoms with van der Waals surface area (Å²) in [5.74, 6) is 1.81.